The largest absolute Gasteiger partial charge is 0.368 e. The number of hydrogen-bond donors (Lipinski definition) is 1. The molecule has 118 valence electrons. The van der Waals surface area contributed by atoms with Gasteiger partial charge in [0.25, 0.3) is 5.91 Å². The predicted octanol–water partition coefficient (Wildman–Crippen LogP) is 3.65. The maximum Gasteiger partial charge on any atom is 0.277 e. The first-order chi connectivity index (χ1) is 11.6. The Hall–Kier alpha value is -2.73. The van der Waals surface area contributed by atoms with Crippen LogP contribution in [0.1, 0.15) is 16.1 Å². The second-order valence-corrected chi connectivity index (χ2v) is 6.41. The minimum atomic E-state index is -0.154. The van der Waals surface area contributed by atoms with Crippen molar-refractivity contribution in [1.82, 2.24) is 9.97 Å². The molecule has 1 aromatic heterocycles. The van der Waals surface area contributed by atoms with Gasteiger partial charge in [-0.05, 0) is 24.3 Å². The summed E-state index contributed by atoms with van der Waals surface area (Å²) in [7, 11) is 0. The Bertz CT molecular complexity index is 926. The number of aromatic nitrogens is 2. The highest BCUT2D eigenvalue weighted by molar-refractivity contribution is 9.10. The Morgan fingerprint density at radius 2 is 1.62 bits per heavy atom. The van der Waals surface area contributed by atoms with E-state index in [1.807, 2.05) is 54.6 Å². The van der Waals surface area contributed by atoms with Crippen LogP contribution in [-0.4, -0.2) is 15.9 Å². The molecule has 1 amide bonds. The average molecular weight is 381 g/mol. The molecule has 0 bridgehead atoms. The van der Waals surface area contributed by atoms with Crippen molar-refractivity contribution in [2.45, 2.75) is 6.54 Å². The third kappa shape index (κ3) is 2.45. The van der Waals surface area contributed by atoms with E-state index in [4.69, 9.17) is 5.73 Å². The summed E-state index contributed by atoms with van der Waals surface area (Å²) in [5, 5.41) is 0. The zero-order valence-corrected chi connectivity index (χ0v) is 14.2. The third-order valence-corrected chi connectivity index (χ3v) is 4.50. The van der Waals surface area contributed by atoms with Gasteiger partial charge in [0.05, 0.1) is 12.2 Å². The molecular formula is C18H13BrN4O. The van der Waals surface area contributed by atoms with Crippen LogP contribution in [0.3, 0.4) is 0 Å². The molecule has 0 fully saturated rings. The molecule has 24 heavy (non-hydrogen) atoms. The van der Waals surface area contributed by atoms with Crippen LogP contribution in [-0.2, 0) is 6.54 Å². The van der Waals surface area contributed by atoms with Crippen LogP contribution in [0.15, 0.2) is 59.1 Å². The highest BCUT2D eigenvalue weighted by atomic mass is 79.9. The molecule has 1 aliphatic rings. The number of rotatable bonds is 2. The molecular weight excluding hydrogens is 368 g/mol. The average Bonchev–Trinajstić information content (AvgIpc) is 2.93. The van der Waals surface area contributed by atoms with Crippen molar-refractivity contribution in [1.29, 1.82) is 0 Å². The number of carbonyl (C=O) groups is 1. The van der Waals surface area contributed by atoms with Crippen molar-refractivity contribution in [3.05, 3.63) is 70.3 Å². The van der Waals surface area contributed by atoms with Gasteiger partial charge in [-0.25, -0.2) is 9.97 Å². The number of fused-ring (bicyclic) bond motifs is 1. The number of nitrogen functional groups attached to an aromatic ring is 1. The van der Waals surface area contributed by atoms with Crippen molar-refractivity contribution in [3.63, 3.8) is 0 Å². The number of hydrogen-bond acceptors (Lipinski definition) is 4. The highest BCUT2D eigenvalue weighted by Gasteiger charge is 2.33. The summed E-state index contributed by atoms with van der Waals surface area (Å²) in [6.07, 6.45) is 0. The van der Waals surface area contributed by atoms with Gasteiger partial charge in [0, 0.05) is 21.3 Å². The summed E-state index contributed by atoms with van der Waals surface area (Å²) >= 11 is 3.41. The number of nitrogens with two attached hydrogens (primary N) is 1. The normalized spacial score (nSPS) is 13.2. The highest BCUT2D eigenvalue weighted by Crippen LogP contribution is 2.33. The summed E-state index contributed by atoms with van der Waals surface area (Å²) in [6, 6.07) is 17.3. The first-order valence-corrected chi connectivity index (χ1v) is 8.22. The van der Waals surface area contributed by atoms with Crippen LogP contribution in [0.2, 0.25) is 0 Å². The Morgan fingerprint density at radius 1 is 0.958 bits per heavy atom. The van der Waals surface area contributed by atoms with Gasteiger partial charge >= 0.3 is 0 Å². The predicted molar refractivity (Wildman–Crippen MR) is 96.5 cm³/mol. The van der Waals surface area contributed by atoms with Crippen LogP contribution in [0.5, 0.6) is 0 Å². The maximum absolute atomic E-state index is 12.8. The molecule has 0 spiro atoms. The lowest BCUT2D eigenvalue weighted by Gasteiger charge is -2.15. The third-order valence-electron chi connectivity index (χ3n) is 3.97. The summed E-state index contributed by atoms with van der Waals surface area (Å²) < 4.78 is 0.962. The molecule has 0 saturated heterocycles. The van der Waals surface area contributed by atoms with Crippen LogP contribution < -0.4 is 10.6 Å². The van der Waals surface area contributed by atoms with Gasteiger partial charge < -0.3 is 10.6 Å². The van der Waals surface area contributed by atoms with E-state index < -0.39 is 0 Å². The topological polar surface area (TPSA) is 72.1 Å². The van der Waals surface area contributed by atoms with Gasteiger partial charge in [0.2, 0.25) is 5.95 Å². The van der Waals surface area contributed by atoms with Gasteiger partial charge in [-0.1, -0.05) is 46.3 Å². The second kappa shape index (κ2) is 5.72. The van der Waals surface area contributed by atoms with Crippen LogP contribution in [0, 0.1) is 0 Å². The lowest BCUT2D eigenvalue weighted by atomic mass is 10.1. The molecule has 2 heterocycles. The SMILES string of the molecule is Nc1nc2c(c(-c3ccccc3)n1)CN(c1ccc(Br)cc1)C2=O. The van der Waals surface area contributed by atoms with Crippen LogP contribution in [0.25, 0.3) is 11.3 Å². The number of amides is 1. The second-order valence-electron chi connectivity index (χ2n) is 5.49. The van der Waals surface area contributed by atoms with E-state index in [1.54, 1.807) is 4.90 Å². The number of anilines is 2. The van der Waals surface area contributed by atoms with E-state index in [-0.39, 0.29) is 11.9 Å². The standard InChI is InChI=1S/C18H13BrN4O/c19-12-6-8-13(9-7-12)23-10-14-15(11-4-2-1-3-5-11)21-18(20)22-16(14)17(23)24/h1-9H,10H2,(H2,20,21,22). The van der Waals surface area contributed by atoms with Crippen molar-refractivity contribution < 1.29 is 4.79 Å². The van der Waals surface area contributed by atoms with Crippen molar-refractivity contribution in [2.75, 3.05) is 10.6 Å². The lowest BCUT2D eigenvalue weighted by Crippen LogP contribution is -2.23. The first kappa shape index (κ1) is 14.8. The van der Waals surface area contributed by atoms with Gasteiger partial charge in [-0.15, -0.1) is 0 Å². The maximum atomic E-state index is 12.8. The monoisotopic (exact) mass is 380 g/mol. The van der Waals surface area contributed by atoms with Crippen molar-refractivity contribution in [3.8, 4) is 11.3 Å². The molecule has 5 nitrogen and oxygen atoms in total. The number of halogens is 1. The minimum Gasteiger partial charge on any atom is -0.368 e. The Morgan fingerprint density at radius 3 is 2.33 bits per heavy atom. The van der Waals surface area contributed by atoms with Gasteiger partial charge in [0.1, 0.15) is 5.69 Å². The fourth-order valence-corrected chi connectivity index (χ4v) is 3.11. The summed E-state index contributed by atoms with van der Waals surface area (Å²) in [5.74, 6) is -0.0442. The quantitative estimate of drug-likeness (QED) is 0.736. The van der Waals surface area contributed by atoms with Gasteiger partial charge in [-0.2, -0.15) is 0 Å². The van der Waals surface area contributed by atoms with E-state index >= 15 is 0 Å². The molecule has 4 rings (SSSR count). The van der Waals surface area contributed by atoms with E-state index in [9.17, 15) is 4.79 Å². The molecule has 0 unspecified atom stereocenters. The first-order valence-electron chi connectivity index (χ1n) is 7.43. The Kier molecular flexibility index (Phi) is 3.54. The zero-order chi connectivity index (χ0) is 16.7. The Balaban J connectivity index is 1.82. The van der Waals surface area contributed by atoms with Gasteiger partial charge in [-0.3, -0.25) is 4.79 Å². The van der Waals surface area contributed by atoms with Crippen LogP contribution in [0.4, 0.5) is 11.6 Å². The minimum absolute atomic E-state index is 0.110. The number of nitrogens with zero attached hydrogens (tertiary/aromatic N) is 3. The number of benzene rings is 2. The number of carbonyl (C=O) groups excluding carboxylic acids is 1. The van der Waals surface area contributed by atoms with Crippen molar-refractivity contribution in [2.24, 2.45) is 0 Å². The molecule has 0 aliphatic carbocycles. The molecule has 0 atom stereocenters. The van der Waals surface area contributed by atoms with Crippen LogP contribution >= 0.6 is 15.9 Å². The van der Waals surface area contributed by atoms with E-state index in [1.165, 1.54) is 0 Å². The van der Waals surface area contributed by atoms with Gasteiger partial charge in [0.15, 0.2) is 0 Å². The molecule has 6 heteroatoms. The summed E-state index contributed by atoms with van der Waals surface area (Å²) in [4.78, 5) is 23.0. The fourth-order valence-electron chi connectivity index (χ4n) is 2.85. The molecule has 0 saturated carbocycles. The van der Waals surface area contributed by atoms with E-state index in [0.717, 1.165) is 21.3 Å². The lowest BCUT2D eigenvalue weighted by molar-refractivity contribution is 0.0992. The zero-order valence-electron chi connectivity index (χ0n) is 12.6. The Labute approximate surface area is 147 Å². The summed E-state index contributed by atoms with van der Waals surface area (Å²) in [5.41, 5.74) is 9.48. The van der Waals surface area contributed by atoms with E-state index in [2.05, 4.69) is 25.9 Å². The fraction of sp³-hybridized carbons (Fsp3) is 0.0556. The molecule has 1 aliphatic heterocycles. The summed E-state index contributed by atoms with van der Waals surface area (Å²) in [6.45, 7) is 0.431. The van der Waals surface area contributed by atoms with E-state index in [0.29, 0.717) is 17.9 Å². The smallest absolute Gasteiger partial charge is 0.277 e. The molecule has 3 aromatic rings. The molecule has 0 radical (unpaired) electrons. The van der Waals surface area contributed by atoms with Crippen molar-refractivity contribution >= 4 is 33.5 Å². The molecule has 2 N–H and O–H groups in total. The molecule has 2 aromatic carbocycles.